The van der Waals surface area contributed by atoms with Crippen molar-refractivity contribution in [3.8, 4) is 0 Å². The minimum Gasteiger partial charge on any atom is -0.395 e. The lowest BCUT2D eigenvalue weighted by atomic mass is 10.1. The molecule has 0 amide bonds. The van der Waals surface area contributed by atoms with Gasteiger partial charge in [-0.15, -0.1) is 12.4 Å². The molecule has 1 aromatic rings. The zero-order valence-electron chi connectivity index (χ0n) is 11.5. The number of halogens is 1. The molecule has 21 heavy (non-hydrogen) atoms. The number of nitrogens with one attached hydrogen (secondary N) is 1. The van der Waals surface area contributed by atoms with Gasteiger partial charge in [-0.3, -0.25) is 9.69 Å². The average Bonchev–Trinajstić information content (AvgIpc) is 2.85. The Labute approximate surface area is 128 Å². The number of aliphatic hydroxyl groups excluding tert-OH is 3. The molecule has 0 atom stereocenters. The molecule has 0 unspecified atom stereocenters. The summed E-state index contributed by atoms with van der Waals surface area (Å²) in [6, 6.07) is -0.436. The van der Waals surface area contributed by atoms with Gasteiger partial charge in [0.05, 0.1) is 37.9 Å². The first kappa shape index (κ1) is 17.8. The molecule has 8 heteroatoms. The van der Waals surface area contributed by atoms with Crippen LogP contribution in [0.15, 0.2) is 17.2 Å². The highest BCUT2D eigenvalue weighted by Crippen LogP contribution is 2.23. The van der Waals surface area contributed by atoms with Crippen LogP contribution < -0.4 is 5.56 Å². The van der Waals surface area contributed by atoms with E-state index < -0.39 is 6.04 Å². The van der Waals surface area contributed by atoms with Gasteiger partial charge in [0.15, 0.2) is 0 Å². The van der Waals surface area contributed by atoms with Crippen LogP contribution in [-0.4, -0.2) is 69.1 Å². The summed E-state index contributed by atoms with van der Waals surface area (Å²) in [5.74, 6) is 0. The summed E-state index contributed by atoms with van der Waals surface area (Å²) in [7, 11) is 0. The number of hydrogen-bond donors (Lipinski definition) is 4. The second kappa shape index (κ2) is 8.26. The molecule has 0 saturated carbocycles. The normalized spacial score (nSPS) is 13.3. The number of allylic oxidation sites excluding steroid dienone is 1. The summed E-state index contributed by atoms with van der Waals surface area (Å²) in [5.41, 5.74) is 2.03. The molecule has 0 aliphatic heterocycles. The van der Waals surface area contributed by atoms with Gasteiger partial charge >= 0.3 is 0 Å². The van der Waals surface area contributed by atoms with Gasteiger partial charge in [-0.2, -0.15) is 0 Å². The Morgan fingerprint density at radius 3 is 2.67 bits per heavy atom. The summed E-state index contributed by atoms with van der Waals surface area (Å²) in [5, 5.41) is 27.6. The van der Waals surface area contributed by atoms with Gasteiger partial charge < -0.3 is 20.3 Å². The van der Waals surface area contributed by atoms with Gasteiger partial charge in [-0.1, -0.05) is 6.08 Å². The van der Waals surface area contributed by atoms with Crippen LogP contribution >= 0.6 is 12.4 Å². The lowest BCUT2D eigenvalue weighted by molar-refractivity contribution is 0.0708. The van der Waals surface area contributed by atoms with Gasteiger partial charge in [0.2, 0.25) is 0 Å². The Balaban J connectivity index is 0.00000220. The fourth-order valence-corrected chi connectivity index (χ4v) is 2.38. The fourth-order valence-electron chi connectivity index (χ4n) is 2.38. The quantitative estimate of drug-likeness (QED) is 0.502. The summed E-state index contributed by atoms with van der Waals surface area (Å²) in [6.07, 6.45) is 3.82. The summed E-state index contributed by atoms with van der Waals surface area (Å²) >= 11 is 0. The molecule has 2 rings (SSSR count). The maximum Gasteiger partial charge on any atom is 0.254 e. The number of hydrogen-bond acceptors (Lipinski definition) is 6. The Hall–Kier alpha value is -1.25. The van der Waals surface area contributed by atoms with Crippen molar-refractivity contribution in [3.63, 3.8) is 0 Å². The third-order valence-corrected chi connectivity index (χ3v) is 3.50. The van der Waals surface area contributed by atoms with Gasteiger partial charge in [0.1, 0.15) is 0 Å². The highest BCUT2D eigenvalue weighted by molar-refractivity contribution is 5.85. The molecular formula is C13H20ClN3O4. The molecule has 1 aliphatic rings. The minimum atomic E-state index is -0.436. The zero-order chi connectivity index (χ0) is 14.5. The van der Waals surface area contributed by atoms with E-state index in [-0.39, 0.29) is 37.8 Å². The van der Waals surface area contributed by atoms with Crippen molar-refractivity contribution in [2.45, 2.75) is 12.5 Å². The van der Waals surface area contributed by atoms with E-state index in [1.54, 1.807) is 4.90 Å². The first-order valence-corrected chi connectivity index (χ1v) is 6.53. The van der Waals surface area contributed by atoms with Crippen LogP contribution in [0.4, 0.5) is 0 Å². The molecular weight excluding hydrogens is 298 g/mol. The molecule has 1 heterocycles. The Bertz CT molecular complexity index is 542. The van der Waals surface area contributed by atoms with Crippen LogP contribution in [0.2, 0.25) is 0 Å². The lowest BCUT2D eigenvalue weighted by Gasteiger charge is -2.28. The smallest absolute Gasteiger partial charge is 0.254 e. The maximum absolute atomic E-state index is 11.7. The second-order valence-electron chi connectivity index (χ2n) is 4.71. The van der Waals surface area contributed by atoms with Crippen LogP contribution in [0.1, 0.15) is 11.3 Å². The predicted octanol–water partition coefficient (Wildman–Crippen LogP) is -1.22. The van der Waals surface area contributed by atoms with Crippen LogP contribution in [0.3, 0.4) is 0 Å². The van der Waals surface area contributed by atoms with E-state index in [4.69, 9.17) is 5.11 Å². The first-order chi connectivity index (χ1) is 9.71. The van der Waals surface area contributed by atoms with E-state index in [2.05, 4.69) is 9.97 Å². The van der Waals surface area contributed by atoms with E-state index in [1.165, 1.54) is 6.33 Å². The molecule has 118 valence electrons. The fraction of sp³-hybridized carbons (Fsp3) is 0.538. The van der Waals surface area contributed by atoms with Gasteiger partial charge in [-0.05, 0) is 12.0 Å². The molecule has 0 spiro atoms. The molecule has 0 bridgehead atoms. The largest absolute Gasteiger partial charge is 0.395 e. The van der Waals surface area contributed by atoms with Gasteiger partial charge in [0, 0.05) is 18.7 Å². The van der Waals surface area contributed by atoms with E-state index >= 15 is 0 Å². The molecule has 0 radical (unpaired) electrons. The standard InChI is InChI=1S/C13H19N3O4.ClH/c17-4-3-16(10(6-18)7-19)5-9-1-2-11-12(9)14-8-15-13(11)20;/h1,8,10,17-19H,2-7H2,(H,14,15,20);1H. The van der Waals surface area contributed by atoms with E-state index in [1.807, 2.05) is 6.08 Å². The third kappa shape index (κ3) is 3.90. The van der Waals surface area contributed by atoms with Crippen molar-refractivity contribution in [2.24, 2.45) is 0 Å². The number of H-pyrrole nitrogens is 1. The molecule has 0 aromatic carbocycles. The molecule has 0 saturated heterocycles. The Morgan fingerprint density at radius 2 is 2.05 bits per heavy atom. The van der Waals surface area contributed by atoms with Crippen molar-refractivity contribution in [3.05, 3.63) is 34.0 Å². The van der Waals surface area contributed by atoms with Crippen LogP contribution in [0.25, 0.3) is 5.57 Å². The first-order valence-electron chi connectivity index (χ1n) is 6.53. The van der Waals surface area contributed by atoms with Gasteiger partial charge in [-0.25, -0.2) is 4.98 Å². The number of nitrogens with zero attached hydrogens (tertiary/aromatic N) is 2. The topological polar surface area (TPSA) is 110 Å². The van der Waals surface area contributed by atoms with Crippen molar-refractivity contribution >= 4 is 18.0 Å². The van der Waals surface area contributed by atoms with Crippen LogP contribution in [-0.2, 0) is 6.42 Å². The van der Waals surface area contributed by atoms with Crippen molar-refractivity contribution < 1.29 is 15.3 Å². The third-order valence-electron chi connectivity index (χ3n) is 3.50. The number of fused-ring (bicyclic) bond motifs is 1. The summed E-state index contributed by atoms with van der Waals surface area (Å²) in [4.78, 5) is 20.2. The SMILES string of the molecule is Cl.O=c1[nH]cnc2c1CC=C2CN(CCO)C(CO)CO. The molecule has 0 fully saturated rings. The highest BCUT2D eigenvalue weighted by atomic mass is 35.5. The lowest BCUT2D eigenvalue weighted by Crippen LogP contribution is -2.43. The minimum absolute atomic E-state index is 0. The molecule has 1 aromatic heterocycles. The number of aromatic amines is 1. The summed E-state index contributed by atoms with van der Waals surface area (Å²) < 4.78 is 0. The van der Waals surface area contributed by atoms with E-state index in [9.17, 15) is 15.0 Å². The Morgan fingerprint density at radius 1 is 1.33 bits per heavy atom. The van der Waals surface area contributed by atoms with Crippen LogP contribution in [0.5, 0.6) is 0 Å². The van der Waals surface area contributed by atoms with Gasteiger partial charge in [0.25, 0.3) is 5.56 Å². The Kier molecular flexibility index (Phi) is 7.00. The average molecular weight is 318 g/mol. The summed E-state index contributed by atoms with van der Waals surface area (Å²) in [6.45, 7) is 0.301. The van der Waals surface area contributed by atoms with E-state index in [0.717, 1.165) is 5.57 Å². The highest BCUT2D eigenvalue weighted by Gasteiger charge is 2.23. The second-order valence-corrected chi connectivity index (χ2v) is 4.71. The van der Waals surface area contributed by atoms with Crippen molar-refractivity contribution in [1.82, 2.24) is 14.9 Å². The molecule has 7 nitrogen and oxygen atoms in total. The van der Waals surface area contributed by atoms with E-state index in [0.29, 0.717) is 30.8 Å². The zero-order valence-corrected chi connectivity index (χ0v) is 12.3. The van der Waals surface area contributed by atoms with Crippen molar-refractivity contribution in [1.29, 1.82) is 0 Å². The maximum atomic E-state index is 11.7. The monoisotopic (exact) mass is 317 g/mol. The predicted molar refractivity (Wildman–Crippen MR) is 80.4 cm³/mol. The van der Waals surface area contributed by atoms with Crippen molar-refractivity contribution in [2.75, 3.05) is 32.9 Å². The number of aliphatic hydroxyl groups is 3. The molecule has 4 N–H and O–H groups in total. The number of aromatic nitrogens is 2. The number of rotatable bonds is 7. The molecule has 1 aliphatic carbocycles. The van der Waals surface area contributed by atoms with Crippen LogP contribution in [0, 0.1) is 0 Å².